The number of fused-ring (bicyclic) bond motifs is 3. The quantitative estimate of drug-likeness (QED) is 0.00823. The van der Waals surface area contributed by atoms with E-state index in [1.165, 1.54) is 43.1 Å². The number of nitrogens with one attached hydrogen (secondary N) is 7. The van der Waals surface area contributed by atoms with Gasteiger partial charge < -0.3 is 81.4 Å². The molecule has 7 atom stereocenters. The molecule has 2 saturated heterocycles. The van der Waals surface area contributed by atoms with Crippen molar-refractivity contribution in [2.24, 2.45) is 47.2 Å². The number of aliphatic hydroxyl groups excluding tert-OH is 2. The van der Waals surface area contributed by atoms with E-state index in [4.69, 9.17) is 50.8 Å². The number of anilines is 1. The van der Waals surface area contributed by atoms with Gasteiger partial charge in [-0.05, 0) is 140 Å². The zero-order chi connectivity index (χ0) is 78.2. The fourth-order valence-electron chi connectivity index (χ4n) is 16.7. The Labute approximate surface area is 642 Å². The maximum absolute atomic E-state index is 14.9. The molecule has 1 spiro atoms. The summed E-state index contributed by atoms with van der Waals surface area (Å²) < 4.78 is 28.8. The Morgan fingerprint density at radius 1 is 0.727 bits per heavy atom. The summed E-state index contributed by atoms with van der Waals surface area (Å²) in [6.45, 7) is 3.00. The molecule has 6 fully saturated rings. The summed E-state index contributed by atoms with van der Waals surface area (Å²) in [7, 11) is 2.85. The highest BCUT2D eigenvalue weighted by Gasteiger charge is 2.77. The first-order valence-corrected chi connectivity index (χ1v) is 38.1. The Hall–Kier alpha value is -9.62. The van der Waals surface area contributed by atoms with Crippen molar-refractivity contribution >= 4 is 82.6 Å². The second kappa shape index (κ2) is 37.4. The van der Waals surface area contributed by atoms with Gasteiger partial charge in [0.2, 0.25) is 29.5 Å². The summed E-state index contributed by atoms with van der Waals surface area (Å²) in [5.41, 5.74) is 11.4. The third-order valence-corrected chi connectivity index (χ3v) is 22.5. The van der Waals surface area contributed by atoms with Gasteiger partial charge >= 0.3 is 18.1 Å². The van der Waals surface area contributed by atoms with E-state index in [-0.39, 0.29) is 125 Å². The number of rotatable bonds is 38. The van der Waals surface area contributed by atoms with Gasteiger partial charge in [-0.3, -0.25) is 33.6 Å². The molecular weight excluding hydrogens is 1440 g/mol. The van der Waals surface area contributed by atoms with Gasteiger partial charge in [0.25, 0.3) is 5.79 Å². The van der Waals surface area contributed by atoms with Crippen LogP contribution in [0.3, 0.4) is 0 Å². The van der Waals surface area contributed by atoms with E-state index in [0.29, 0.717) is 39.9 Å². The van der Waals surface area contributed by atoms with Crippen molar-refractivity contribution in [1.29, 1.82) is 0 Å². The number of halogens is 1. The lowest BCUT2D eigenvalue weighted by Gasteiger charge is -2.68. The van der Waals surface area contributed by atoms with E-state index in [1.807, 2.05) is 62.4 Å². The lowest BCUT2D eigenvalue weighted by Crippen LogP contribution is -2.76. The Bertz CT molecular complexity index is 4070. The first-order chi connectivity index (χ1) is 53.0. The highest BCUT2D eigenvalue weighted by atomic mass is 35.5. The fraction of sp³-hybridized carbons (Fsp3) is 0.512. The number of hydrogen-bond acceptors (Lipinski definition) is 20. The van der Waals surface area contributed by atoms with Crippen LogP contribution >= 0.6 is 11.6 Å². The number of imidazole rings is 1. The number of benzene rings is 4. The smallest absolute Gasteiger partial charge is 0.407 e. The number of H-pyrrole nitrogens is 1. The number of unbranched alkanes of at least 4 members (excludes halogenated alkanes) is 1. The minimum Gasteiger partial charge on any atom is -0.487 e. The van der Waals surface area contributed by atoms with Crippen molar-refractivity contribution in [3.8, 4) is 16.9 Å². The van der Waals surface area contributed by atoms with Crippen LogP contribution in [0.1, 0.15) is 137 Å². The molecule has 4 aromatic carbocycles. The number of Topliss-reactive ketones (excluding diaryl/α,β-unsaturated/α-hetero) is 2. The molecule has 30 heteroatoms. The number of esters is 1. The molecule has 0 radical (unpaired) electrons. The number of hydrogen-bond donors (Lipinski definition) is 10. The number of aliphatic hydroxyl groups is 2. The molecule has 4 bridgehead atoms. The average Bonchev–Trinajstić information content (AvgIpc) is 0.740. The van der Waals surface area contributed by atoms with Gasteiger partial charge in [-0.1, -0.05) is 98.2 Å². The van der Waals surface area contributed by atoms with Crippen LogP contribution < -0.4 is 42.4 Å². The zero-order valence-corrected chi connectivity index (χ0v) is 63.0. The van der Waals surface area contributed by atoms with Gasteiger partial charge in [-0.25, -0.2) is 24.3 Å². The molecule has 11 N–H and O–H groups in total. The van der Waals surface area contributed by atoms with Crippen LogP contribution in [0.5, 0.6) is 5.75 Å². The van der Waals surface area contributed by atoms with Crippen molar-refractivity contribution in [1.82, 2.24) is 41.5 Å². The Morgan fingerprint density at radius 3 is 1.98 bits per heavy atom. The number of amides is 8. The van der Waals surface area contributed by atoms with Gasteiger partial charge in [0.1, 0.15) is 37.1 Å². The Kier molecular flexibility index (Phi) is 27.7. The predicted molar refractivity (Wildman–Crippen MR) is 401 cm³/mol. The number of alkyl carbamates (subject to hydrolysis) is 1. The molecule has 29 nitrogen and oxygen atoms in total. The summed E-state index contributed by atoms with van der Waals surface area (Å²) in [6.07, 6.45) is 8.82. The van der Waals surface area contributed by atoms with Crippen molar-refractivity contribution < 1.29 is 91.6 Å². The molecule has 110 heavy (non-hydrogen) atoms. The van der Waals surface area contributed by atoms with Crippen LogP contribution in [0.2, 0.25) is 5.02 Å². The molecule has 7 aliphatic rings. The number of nitrogens with zero attached hydrogens (tertiary/aromatic N) is 2. The van der Waals surface area contributed by atoms with E-state index in [9.17, 15) is 58.2 Å². The van der Waals surface area contributed by atoms with Crippen LogP contribution in [0.4, 0.5) is 15.3 Å². The molecule has 5 aliphatic carbocycles. The number of aromatic amines is 1. The van der Waals surface area contributed by atoms with E-state index in [0.717, 1.165) is 47.9 Å². The molecule has 3 heterocycles. The van der Waals surface area contributed by atoms with Crippen LogP contribution in [0.25, 0.3) is 17.2 Å². The van der Waals surface area contributed by atoms with Crippen molar-refractivity contribution in [2.45, 2.75) is 152 Å². The number of carbonyl (C=O) groups is 10. The van der Waals surface area contributed by atoms with E-state index in [2.05, 4.69) is 41.9 Å². The standard InChI is InChI=1S/C80H99ClN10O19/c1-46(2)31-51(73(98)88-64(23-24-69(82)96)75(100)86-55-20-16-47(17-21-55)43-107-72-50(19-25-70(97)104-3)18-22-62(71(72)81)80(105-4)79(109-110-80)53-33-48-32-49(35-53)36-54(79)34-48)37-67(94)63(15-9-10-26-84-78(103)108-44-61-59-13-7-5-11-57(59)58-12-6-8-14-60(58)61)87-74(99)52(41-92)38-68(95)66(42-93)89-76(101)65(39-56-40-83-45-85-56)90-77(102)91-27-29-106-30-28-91/h5-8,11-14,16-22,25,40,45-46,48-49,51-54,61,63-66,92-93H,9-10,15,23-24,26-39,41-44H2,1-4H3,(H2,82,96)(H,83,85)(H,84,103)(H,86,100)(H,87,99)(H,88,98)(H,89,101)(H,90,102)/b25-19+/t48?,49?,51-,52+,53?,54?,63+,64+,65+,66+,79?,80?/m1/s1. The van der Waals surface area contributed by atoms with E-state index in [1.54, 1.807) is 43.5 Å². The Morgan fingerprint density at radius 2 is 1.37 bits per heavy atom. The third kappa shape index (κ3) is 19.0. The molecule has 1 unspecified atom stereocenters. The first-order valence-electron chi connectivity index (χ1n) is 37.7. The molecule has 4 saturated carbocycles. The number of carbonyl (C=O) groups excluding carboxylic acids is 10. The minimum absolute atomic E-state index is 0.0461. The maximum Gasteiger partial charge on any atom is 0.407 e. The van der Waals surface area contributed by atoms with Gasteiger partial charge in [-0.15, -0.1) is 0 Å². The SMILES string of the molecule is COC(=O)/C=C/c1ccc(C2(OC)OOC23C2CC4CC(C2)CC3C4)c(Cl)c1OCc1ccc(NC(=O)[C@H](CCC(N)=O)NC(=O)[C@@H](CC(=O)[C@H](CCCCNC(=O)OCC2c3ccccc3-c3ccccc32)NC(=O)[C@H](CO)CC(=O)[C@H](CO)NC(=O)[C@H](Cc2cnc[nH]2)NC(=O)N2CCOCC2)CC(C)C)cc1. The summed E-state index contributed by atoms with van der Waals surface area (Å²) >= 11 is 7.38. The summed E-state index contributed by atoms with van der Waals surface area (Å²) in [5, 5.41) is 37.6. The Balaban J connectivity index is 0.750. The van der Waals surface area contributed by atoms with Crippen LogP contribution in [-0.2, 0) is 85.9 Å². The number of ether oxygens (including phenoxy) is 5. The highest BCUT2D eigenvalue weighted by molar-refractivity contribution is 6.33. The van der Waals surface area contributed by atoms with Crippen molar-refractivity contribution in [3.63, 3.8) is 0 Å². The second-order valence-corrected chi connectivity index (χ2v) is 30.2. The first kappa shape index (κ1) is 81.4. The third-order valence-electron chi connectivity index (χ3n) is 22.1. The molecule has 8 amide bonds. The number of nitrogens with two attached hydrogens (primary N) is 1. The second-order valence-electron chi connectivity index (χ2n) is 29.8. The van der Waals surface area contributed by atoms with Gasteiger partial charge in [-0.2, -0.15) is 4.89 Å². The van der Waals surface area contributed by atoms with Crippen LogP contribution in [-0.4, -0.2) is 181 Å². The molecular formula is C80H99ClN10O19. The van der Waals surface area contributed by atoms with Crippen molar-refractivity contribution in [2.75, 3.05) is 72.2 Å². The summed E-state index contributed by atoms with van der Waals surface area (Å²) in [4.78, 5) is 158. The fourth-order valence-corrected chi connectivity index (χ4v) is 17.0. The summed E-state index contributed by atoms with van der Waals surface area (Å²) in [6, 6.07) is 19.8. The molecule has 5 aromatic rings. The van der Waals surface area contributed by atoms with Gasteiger partial charge in [0.15, 0.2) is 17.2 Å². The zero-order valence-electron chi connectivity index (χ0n) is 62.3. The largest absolute Gasteiger partial charge is 0.487 e. The monoisotopic (exact) mass is 1540 g/mol. The highest BCUT2D eigenvalue weighted by Crippen LogP contribution is 2.70. The number of primary amides is 1. The number of aromatic nitrogens is 2. The average molecular weight is 1540 g/mol. The number of ketones is 2. The molecule has 12 rings (SSSR count). The number of morpholine rings is 1. The molecule has 2 aliphatic heterocycles. The summed E-state index contributed by atoms with van der Waals surface area (Å²) in [5.74, 6) is -8.63. The number of urea groups is 1. The van der Waals surface area contributed by atoms with Gasteiger partial charge in [0, 0.05) is 99.0 Å². The topological polar surface area (TPSA) is 406 Å². The lowest BCUT2D eigenvalue weighted by atomic mass is 9.47. The van der Waals surface area contributed by atoms with E-state index >= 15 is 0 Å². The van der Waals surface area contributed by atoms with Gasteiger partial charge in [0.05, 0.1) is 56.8 Å². The minimum atomic E-state index is -1.62. The van der Waals surface area contributed by atoms with Crippen LogP contribution in [0.15, 0.2) is 104 Å². The maximum atomic E-state index is 14.9. The normalized spacial score (nSPS) is 21.8. The van der Waals surface area contributed by atoms with Crippen LogP contribution in [0, 0.1) is 41.4 Å². The predicted octanol–water partition coefficient (Wildman–Crippen LogP) is 6.99. The lowest BCUT2D eigenvalue weighted by molar-refractivity contribution is -0.645. The van der Waals surface area contributed by atoms with E-state index < -0.39 is 133 Å². The number of methoxy groups -OCH3 is 2. The van der Waals surface area contributed by atoms with Crippen molar-refractivity contribution in [3.05, 3.63) is 142 Å². The molecule has 590 valence electrons. The molecule has 1 aromatic heterocycles.